The first-order valence-corrected chi connectivity index (χ1v) is 13.5. The number of carbonyl (C=O) groups is 3. The molecular formula is C30H41N3O4. The van der Waals surface area contributed by atoms with E-state index in [-0.39, 0.29) is 17.7 Å². The first kappa shape index (κ1) is 28.2. The smallest absolute Gasteiger partial charge is 0.245 e. The van der Waals surface area contributed by atoms with Gasteiger partial charge in [0.05, 0.1) is 0 Å². The minimum absolute atomic E-state index is 0.0880. The highest BCUT2D eigenvalue weighted by Crippen LogP contribution is 2.27. The minimum atomic E-state index is -0.606. The van der Waals surface area contributed by atoms with Crippen molar-refractivity contribution >= 4 is 17.7 Å². The Bertz CT molecular complexity index is 1040. The molecule has 3 rings (SSSR count). The van der Waals surface area contributed by atoms with Crippen LogP contribution in [0.1, 0.15) is 64.9 Å². The molecular weight excluding hydrogens is 466 g/mol. The van der Waals surface area contributed by atoms with Gasteiger partial charge in [-0.2, -0.15) is 0 Å². The van der Waals surface area contributed by atoms with Crippen molar-refractivity contribution in [2.24, 2.45) is 23.5 Å². The van der Waals surface area contributed by atoms with E-state index in [9.17, 15) is 14.4 Å². The molecule has 1 fully saturated rings. The molecule has 37 heavy (non-hydrogen) atoms. The fraction of sp³-hybridized carbons (Fsp3) is 0.500. The fourth-order valence-corrected chi connectivity index (χ4v) is 5.04. The number of ether oxygens (including phenoxy) is 1. The summed E-state index contributed by atoms with van der Waals surface area (Å²) in [6.45, 7) is 7.09. The summed E-state index contributed by atoms with van der Waals surface area (Å²) >= 11 is 0. The van der Waals surface area contributed by atoms with Gasteiger partial charge in [0, 0.05) is 24.9 Å². The van der Waals surface area contributed by atoms with E-state index < -0.39 is 23.8 Å². The van der Waals surface area contributed by atoms with Gasteiger partial charge in [-0.3, -0.25) is 14.4 Å². The van der Waals surface area contributed by atoms with E-state index in [4.69, 9.17) is 10.5 Å². The third kappa shape index (κ3) is 8.34. The van der Waals surface area contributed by atoms with Crippen molar-refractivity contribution in [3.63, 3.8) is 0 Å². The predicted molar refractivity (Wildman–Crippen MR) is 145 cm³/mol. The van der Waals surface area contributed by atoms with Gasteiger partial charge in [0.15, 0.2) is 0 Å². The quantitative estimate of drug-likeness (QED) is 0.420. The lowest BCUT2D eigenvalue weighted by atomic mass is 9.81. The van der Waals surface area contributed by atoms with Gasteiger partial charge in [0.2, 0.25) is 17.7 Å². The zero-order valence-corrected chi connectivity index (χ0v) is 22.3. The zero-order valence-electron chi connectivity index (χ0n) is 22.3. The van der Waals surface area contributed by atoms with Crippen molar-refractivity contribution in [3.05, 3.63) is 60.2 Å². The Balaban J connectivity index is 1.70. The molecule has 0 aromatic heterocycles. The molecule has 1 aliphatic heterocycles. The number of nitrogens with one attached hydrogen (secondary N) is 1. The molecule has 2 aromatic rings. The van der Waals surface area contributed by atoms with Crippen LogP contribution in [0.5, 0.6) is 11.5 Å². The molecule has 200 valence electrons. The van der Waals surface area contributed by atoms with E-state index in [1.165, 1.54) is 0 Å². The summed E-state index contributed by atoms with van der Waals surface area (Å²) in [4.78, 5) is 40.9. The van der Waals surface area contributed by atoms with Gasteiger partial charge in [-0.25, -0.2) is 0 Å². The summed E-state index contributed by atoms with van der Waals surface area (Å²) in [5.41, 5.74) is 6.67. The maximum atomic E-state index is 13.5. The summed E-state index contributed by atoms with van der Waals surface area (Å²) in [5.74, 6) is -0.150. The standard InChI is InChI=1S/C30H41N3O4/c1-4-11-25(26(28(31)34)18-21(2)3)29(35)32-27-16-8-9-17-33(30(27)36)20-22-12-10-15-24(19-22)37-23-13-6-5-7-14-23/h5-7,10,12-15,19,21,25-27H,4,8-9,11,16-18,20H2,1-3H3,(H2,31,34)(H,32,35)/t25?,26?,27-/m0/s1. The SMILES string of the molecule is CCCC(C(=O)N[C@H]1CCCCN(Cc2cccc(Oc3ccccc3)c2)C1=O)C(CC(C)C)C(N)=O. The van der Waals surface area contributed by atoms with Crippen molar-refractivity contribution in [1.82, 2.24) is 10.2 Å². The molecule has 2 aromatic carbocycles. The number of amides is 3. The van der Waals surface area contributed by atoms with Gasteiger partial charge in [0.1, 0.15) is 17.5 Å². The molecule has 1 aliphatic rings. The average molecular weight is 508 g/mol. The first-order chi connectivity index (χ1) is 17.8. The Morgan fingerprint density at radius 1 is 1.05 bits per heavy atom. The van der Waals surface area contributed by atoms with Gasteiger partial charge in [-0.15, -0.1) is 0 Å². The normalized spacial score (nSPS) is 17.7. The van der Waals surface area contributed by atoms with Gasteiger partial charge in [-0.1, -0.05) is 57.5 Å². The third-order valence-corrected chi connectivity index (χ3v) is 6.86. The summed E-state index contributed by atoms with van der Waals surface area (Å²) in [7, 11) is 0. The topological polar surface area (TPSA) is 102 Å². The van der Waals surface area contributed by atoms with Crippen LogP contribution in [-0.2, 0) is 20.9 Å². The van der Waals surface area contributed by atoms with Gasteiger partial charge in [0.25, 0.3) is 0 Å². The second kappa shape index (κ2) is 13.8. The van der Waals surface area contributed by atoms with Crippen LogP contribution in [0.2, 0.25) is 0 Å². The number of hydrogen-bond donors (Lipinski definition) is 2. The highest BCUT2D eigenvalue weighted by atomic mass is 16.5. The molecule has 0 saturated carbocycles. The molecule has 3 N–H and O–H groups in total. The van der Waals surface area contributed by atoms with Crippen LogP contribution in [-0.4, -0.2) is 35.2 Å². The Hall–Kier alpha value is -3.35. The summed E-state index contributed by atoms with van der Waals surface area (Å²) < 4.78 is 5.95. The van der Waals surface area contributed by atoms with E-state index >= 15 is 0 Å². The largest absolute Gasteiger partial charge is 0.457 e. The van der Waals surface area contributed by atoms with E-state index in [1.54, 1.807) is 0 Å². The lowest BCUT2D eigenvalue weighted by Crippen LogP contribution is -2.50. The summed E-state index contributed by atoms with van der Waals surface area (Å²) in [6.07, 6.45) is 4.17. The lowest BCUT2D eigenvalue weighted by Gasteiger charge is -2.29. The molecule has 3 amide bonds. The highest BCUT2D eigenvalue weighted by Gasteiger charge is 2.35. The number of benzene rings is 2. The fourth-order valence-electron chi connectivity index (χ4n) is 5.04. The number of nitrogens with zero attached hydrogens (tertiary/aromatic N) is 1. The number of rotatable bonds is 12. The Morgan fingerprint density at radius 3 is 2.46 bits per heavy atom. The average Bonchev–Trinajstić information content (AvgIpc) is 3.03. The molecule has 1 heterocycles. The van der Waals surface area contributed by atoms with Crippen molar-refractivity contribution in [3.8, 4) is 11.5 Å². The van der Waals surface area contributed by atoms with Crippen molar-refractivity contribution in [1.29, 1.82) is 0 Å². The van der Waals surface area contributed by atoms with Gasteiger partial charge < -0.3 is 20.7 Å². The van der Waals surface area contributed by atoms with Crippen molar-refractivity contribution < 1.29 is 19.1 Å². The van der Waals surface area contributed by atoms with Crippen molar-refractivity contribution in [2.75, 3.05) is 6.54 Å². The Kier molecular flexibility index (Phi) is 10.5. The molecule has 1 saturated heterocycles. The lowest BCUT2D eigenvalue weighted by molar-refractivity contribution is -0.139. The van der Waals surface area contributed by atoms with Crippen LogP contribution < -0.4 is 15.8 Å². The second-order valence-electron chi connectivity index (χ2n) is 10.4. The number of para-hydroxylation sites is 1. The molecule has 7 nitrogen and oxygen atoms in total. The van der Waals surface area contributed by atoms with E-state index in [2.05, 4.69) is 5.32 Å². The number of hydrogen-bond acceptors (Lipinski definition) is 4. The van der Waals surface area contributed by atoms with Crippen LogP contribution in [0.4, 0.5) is 0 Å². The zero-order chi connectivity index (χ0) is 26.8. The maximum Gasteiger partial charge on any atom is 0.245 e. The number of nitrogens with two attached hydrogens (primary N) is 1. The second-order valence-corrected chi connectivity index (χ2v) is 10.4. The number of likely N-dealkylation sites (tertiary alicyclic amines) is 1. The van der Waals surface area contributed by atoms with E-state index in [0.717, 1.165) is 30.6 Å². The van der Waals surface area contributed by atoms with Gasteiger partial charge >= 0.3 is 0 Å². The van der Waals surface area contributed by atoms with E-state index in [1.807, 2.05) is 80.3 Å². The molecule has 2 unspecified atom stereocenters. The van der Waals surface area contributed by atoms with Crippen LogP contribution in [0.3, 0.4) is 0 Å². The number of carbonyl (C=O) groups excluding carboxylic acids is 3. The first-order valence-electron chi connectivity index (χ1n) is 13.5. The molecule has 0 bridgehead atoms. The maximum absolute atomic E-state index is 13.5. The van der Waals surface area contributed by atoms with Crippen LogP contribution in [0, 0.1) is 17.8 Å². The Morgan fingerprint density at radius 2 is 1.78 bits per heavy atom. The molecule has 3 atom stereocenters. The minimum Gasteiger partial charge on any atom is -0.457 e. The highest BCUT2D eigenvalue weighted by molar-refractivity contribution is 5.91. The summed E-state index contributed by atoms with van der Waals surface area (Å²) in [6, 6.07) is 16.7. The molecule has 0 spiro atoms. The van der Waals surface area contributed by atoms with Gasteiger partial charge in [-0.05, 0) is 67.9 Å². The third-order valence-electron chi connectivity index (χ3n) is 6.86. The van der Waals surface area contributed by atoms with Crippen LogP contribution in [0.25, 0.3) is 0 Å². The van der Waals surface area contributed by atoms with E-state index in [0.29, 0.717) is 38.1 Å². The van der Waals surface area contributed by atoms with Crippen molar-refractivity contribution in [2.45, 2.75) is 71.9 Å². The predicted octanol–water partition coefficient (Wildman–Crippen LogP) is 5.04. The summed E-state index contributed by atoms with van der Waals surface area (Å²) in [5, 5.41) is 3.00. The van der Waals surface area contributed by atoms with Crippen LogP contribution >= 0.6 is 0 Å². The molecule has 7 heteroatoms. The Labute approximate surface area is 220 Å². The van der Waals surface area contributed by atoms with Crippen LogP contribution in [0.15, 0.2) is 54.6 Å². The molecule has 0 radical (unpaired) electrons. The number of primary amides is 1. The monoisotopic (exact) mass is 507 g/mol. The molecule has 0 aliphatic carbocycles.